The van der Waals surface area contributed by atoms with Gasteiger partial charge < -0.3 is 5.32 Å². The van der Waals surface area contributed by atoms with Crippen LogP contribution in [0, 0.1) is 10.8 Å². The standard InChI is InChI=1S/C18H27N/c1-17(2)16(18(17,3)4)19-15-12-8-6-10-13-9-5-7-11-14(13)15/h5,7,9,11,15-16,19H,6,8,10,12H2,1-4H3. The van der Waals surface area contributed by atoms with Gasteiger partial charge in [-0.05, 0) is 41.2 Å². The molecule has 1 fully saturated rings. The van der Waals surface area contributed by atoms with E-state index in [9.17, 15) is 0 Å². The molecule has 2 aliphatic carbocycles. The highest BCUT2D eigenvalue weighted by atomic mass is 15.1. The molecule has 0 aromatic heterocycles. The number of benzene rings is 1. The van der Waals surface area contributed by atoms with Crippen LogP contribution < -0.4 is 5.32 Å². The van der Waals surface area contributed by atoms with E-state index in [1.807, 2.05) is 0 Å². The maximum atomic E-state index is 3.97. The SMILES string of the molecule is CC1(C)C(NC2CCCCc3ccccc32)C1(C)C. The molecule has 0 bridgehead atoms. The van der Waals surface area contributed by atoms with E-state index in [1.165, 1.54) is 25.7 Å². The summed E-state index contributed by atoms with van der Waals surface area (Å²) in [5.74, 6) is 0. The number of hydrogen-bond donors (Lipinski definition) is 1. The third-order valence-corrected chi connectivity index (χ3v) is 6.01. The molecule has 0 spiro atoms. The lowest BCUT2D eigenvalue weighted by atomic mass is 9.99. The van der Waals surface area contributed by atoms with Gasteiger partial charge in [-0.15, -0.1) is 0 Å². The maximum Gasteiger partial charge on any atom is 0.0325 e. The summed E-state index contributed by atoms with van der Waals surface area (Å²) in [6, 6.07) is 10.2. The second-order valence-corrected chi connectivity index (χ2v) is 7.54. The lowest BCUT2D eigenvalue weighted by molar-refractivity contribution is 0.443. The van der Waals surface area contributed by atoms with E-state index in [4.69, 9.17) is 0 Å². The highest BCUT2D eigenvalue weighted by molar-refractivity contribution is 5.32. The Morgan fingerprint density at radius 2 is 1.68 bits per heavy atom. The van der Waals surface area contributed by atoms with Gasteiger partial charge in [0, 0.05) is 12.1 Å². The Morgan fingerprint density at radius 1 is 1.00 bits per heavy atom. The predicted molar refractivity (Wildman–Crippen MR) is 81.2 cm³/mol. The first-order valence-electron chi connectivity index (χ1n) is 7.78. The number of fused-ring (bicyclic) bond motifs is 1. The smallest absolute Gasteiger partial charge is 0.0325 e. The van der Waals surface area contributed by atoms with E-state index in [1.54, 1.807) is 11.1 Å². The first-order valence-corrected chi connectivity index (χ1v) is 7.78. The van der Waals surface area contributed by atoms with Crippen molar-refractivity contribution in [2.45, 2.75) is 65.5 Å². The second-order valence-electron chi connectivity index (χ2n) is 7.54. The normalized spacial score (nSPS) is 28.5. The van der Waals surface area contributed by atoms with E-state index in [2.05, 4.69) is 57.3 Å². The van der Waals surface area contributed by atoms with Crippen molar-refractivity contribution in [3.8, 4) is 0 Å². The number of aryl methyl sites for hydroxylation is 1. The van der Waals surface area contributed by atoms with Gasteiger partial charge in [-0.25, -0.2) is 0 Å². The molecule has 19 heavy (non-hydrogen) atoms. The highest BCUT2D eigenvalue weighted by Crippen LogP contribution is 2.63. The summed E-state index contributed by atoms with van der Waals surface area (Å²) >= 11 is 0. The molecule has 1 N–H and O–H groups in total. The van der Waals surface area contributed by atoms with Crippen molar-refractivity contribution in [3.05, 3.63) is 35.4 Å². The van der Waals surface area contributed by atoms with Crippen molar-refractivity contribution in [1.29, 1.82) is 0 Å². The van der Waals surface area contributed by atoms with E-state index in [0.717, 1.165) is 0 Å². The lowest BCUT2D eigenvalue weighted by Gasteiger charge is -2.21. The van der Waals surface area contributed by atoms with Crippen molar-refractivity contribution >= 4 is 0 Å². The Kier molecular flexibility index (Phi) is 3.01. The van der Waals surface area contributed by atoms with E-state index >= 15 is 0 Å². The van der Waals surface area contributed by atoms with Crippen LogP contribution in [0.5, 0.6) is 0 Å². The Balaban J connectivity index is 1.83. The molecule has 1 nitrogen and oxygen atoms in total. The topological polar surface area (TPSA) is 12.0 Å². The fourth-order valence-electron chi connectivity index (χ4n) is 3.91. The number of hydrogen-bond acceptors (Lipinski definition) is 1. The zero-order chi connectivity index (χ0) is 13.7. The van der Waals surface area contributed by atoms with Gasteiger partial charge in [-0.1, -0.05) is 58.4 Å². The molecular weight excluding hydrogens is 230 g/mol. The zero-order valence-electron chi connectivity index (χ0n) is 12.8. The second kappa shape index (κ2) is 4.34. The quantitative estimate of drug-likeness (QED) is 0.770. The fraction of sp³-hybridized carbons (Fsp3) is 0.667. The Bertz CT molecular complexity index is 458. The average Bonchev–Trinajstić information content (AvgIpc) is 2.86. The maximum absolute atomic E-state index is 3.97. The molecule has 1 atom stereocenters. The van der Waals surface area contributed by atoms with Crippen LogP contribution in [0.3, 0.4) is 0 Å². The van der Waals surface area contributed by atoms with Gasteiger partial charge in [-0.3, -0.25) is 0 Å². The van der Waals surface area contributed by atoms with Crippen LogP contribution >= 0.6 is 0 Å². The van der Waals surface area contributed by atoms with Crippen LogP contribution in [0.4, 0.5) is 0 Å². The summed E-state index contributed by atoms with van der Waals surface area (Å²) in [6.07, 6.45) is 5.23. The molecule has 0 saturated heterocycles. The van der Waals surface area contributed by atoms with Gasteiger partial charge in [-0.2, -0.15) is 0 Å². The van der Waals surface area contributed by atoms with Crippen LogP contribution in [0.1, 0.15) is 64.1 Å². The van der Waals surface area contributed by atoms with Gasteiger partial charge in [0.1, 0.15) is 0 Å². The van der Waals surface area contributed by atoms with E-state index in [0.29, 0.717) is 22.9 Å². The zero-order valence-corrected chi connectivity index (χ0v) is 12.8. The van der Waals surface area contributed by atoms with Crippen LogP contribution in [0.25, 0.3) is 0 Å². The van der Waals surface area contributed by atoms with Gasteiger partial charge in [0.25, 0.3) is 0 Å². The molecular formula is C18H27N. The minimum Gasteiger partial charge on any atom is -0.306 e. The van der Waals surface area contributed by atoms with E-state index < -0.39 is 0 Å². The Hall–Kier alpha value is -0.820. The summed E-state index contributed by atoms with van der Waals surface area (Å²) in [5, 5.41) is 3.97. The molecule has 1 aromatic rings. The van der Waals surface area contributed by atoms with E-state index in [-0.39, 0.29) is 0 Å². The van der Waals surface area contributed by atoms with Gasteiger partial charge >= 0.3 is 0 Å². The lowest BCUT2D eigenvalue weighted by Crippen LogP contribution is -2.28. The van der Waals surface area contributed by atoms with Crippen molar-refractivity contribution in [3.63, 3.8) is 0 Å². The van der Waals surface area contributed by atoms with Crippen LogP contribution in [0.15, 0.2) is 24.3 Å². The molecule has 0 heterocycles. The molecule has 0 aliphatic heterocycles. The highest BCUT2D eigenvalue weighted by Gasteiger charge is 2.64. The monoisotopic (exact) mass is 257 g/mol. The molecule has 2 aliphatic rings. The number of nitrogens with one attached hydrogen (secondary N) is 1. The first kappa shape index (κ1) is 13.2. The molecule has 1 aromatic carbocycles. The largest absolute Gasteiger partial charge is 0.306 e. The first-order chi connectivity index (χ1) is 8.94. The summed E-state index contributed by atoms with van der Waals surface area (Å²) in [4.78, 5) is 0. The van der Waals surface area contributed by atoms with Crippen molar-refractivity contribution < 1.29 is 0 Å². The van der Waals surface area contributed by atoms with Gasteiger partial charge in [0.05, 0.1) is 0 Å². The predicted octanol–water partition coefficient (Wildman–Crippen LogP) is 4.48. The molecule has 1 heteroatoms. The van der Waals surface area contributed by atoms with Gasteiger partial charge in [0.2, 0.25) is 0 Å². The summed E-state index contributed by atoms with van der Waals surface area (Å²) in [7, 11) is 0. The molecule has 1 unspecified atom stereocenters. The molecule has 0 amide bonds. The van der Waals surface area contributed by atoms with Crippen LogP contribution in [-0.2, 0) is 6.42 Å². The third-order valence-electron chi connectivity index (χ3n) is 6.01. The molecule has 1 saturated carbocycles. The minimum absolute atomic E-state index is 0.425. The van der Waals surface area contributed by atoms with Crippen molar-refractivity contribution in [1.82, 2.24) is 5.32 Å². The molecule has 104 valence electrons. The summed E-state index contributed by atoms with van der Waals surface area (Å²) in [6.45, 7) is 9.58. The van der Waals surface area contributed by atoms with Crippen LogP contribution in [0.2, 0.25) is 0 Å². The molecule has 0 radical (unpaired) electrons. The fourth-order valence-corrected chi connectivity index (χ4v) is 3.91. The minimum atomic E-state index is 0.425. The van der Waals surface area contributed by atoms with Crippen molar-refractivity contribution in [2.75, 3.05) is 0 Å². The summed E-state index contributed by atoms with van der Waals surface area (Å²) < 4.78 is 0. The average molecular weight is 257 g/mol. The van der Waals surface area contributed by atoms with Gasteiger partial charge in [0.15, 0.2) is 0 Å². The Labute approximate surface area is 117 Å². The third kappa shape index (κ3) is 2.03. The number of rotatable bonds is 2. The summed E-state index contributed by atoms with van der Waals surface area (Å²) in [5.41, 5.74) is 3.97. The Morgan fingerprint density at radius 3 is 2.37 bits per heavy atom. The van der Waals surface area contributed by atoms with Crippen molar-refractivity contribution in [2.24, 2.45) is 10.8 Å². The molecule has 3 rings (SSSR count). The van der Waals surface area contributed by atoms with Crippen LogP contribution in [-0.4, -0.2) is 6.04 Å².